The van der Waals surface area contributed by atoms with E-state index >= 15 is 19.2 Å². The summed E-state index contributed by atoms with van der Waals surface area (Å²) in [6.07, 6.45) is -19.0. The minimum atomic E-state index is -2.38. The van der Waals surface area contributed by atoms with Crippen LogP contribution in [0.2, 0.25) is 10.0 Å². The van der Waals surface area contributed by atoms with Gasteiger partial charge in [0, 0.05) is 35.7 Å². The second-order valence-corrected chi connectivity index (χ2v) is 29.1. The molecule has 0 radical (unpaired) electrons. The van der Waals surface area contributed by atoms with Gasteiger partial charge in [-0.3, -0.25) is 48.1 Å². The van der Waals surface area contributed by atoms with Crippen molar-refractivity contribution in [3.8, 4) is 57.1 Å². The highest BCUT2D eigenvalue weighted by molar-refractivity contribution is 6.32. The number of aliphatic hydroxyl groups is 6. The molecule has 27 N–H and O–H groups in total. The van der Waals surface area contributed by atoms with Crippen LogP contribution in [-0.4, -0.2) is 210 Å². The first kappa shape index (κ1) is 84.0. The number of aliphatic imine (C=N–C) groups is 1. The maximum Gasteiger partial charge on any atom is 0.248 e. The van der Waals surface area contributed by atoms with E-state index in [1.165, 1.54) is 33.0 Å². The first-order valence-corrected chi connectivity index (χ1v) is 36.0. The lowest BCUT2D eigenvalue weighted by atomic mass is 9.86. The number of hydrogen-bond acceptors (Lipinski definition) is 27. The molecule has 7 heterocycles. The number of nitrogens with zero attached hydrogens (tertiary/aromatic N) is 1. The van der Waals surface area contributed by atoms with E-state index < -0.39 is 249 Å². The fourth-order valence-corrected chi connectivity index (χ4v) is 14.0. The molecule has 9 amide bonds. The number of primary amides is 2. The predicted molar refractivity (Wildman–Crippen MR) is 393 cm³/mol. The fourth-order valence-electron chi connectivity index (χ4n) is 13.5. The molecule has 19 atom stereocenters. The first-order valence-electron chi connectivity index (χ1n) is 35.2. The van der Waals surface area contributed by atoms with E-state index in [0.29, 0.717) is 0 Å². The Morgan fingerprint density at radius 2 is 1.32 bits per heavy atom. The summed E-state index contributed by atoms with van der Waals surface area (Å²) < 4.78 is 38.5. The third kappa shape index (κ3) is 18.8. The maximum atomic E-state index is 16.2. The van der Waals surface area contributed by atoms with Crippen LogP contribution < -0.4 is 85.4 Å². The number of phenolic OH excluding ortho intramolecular Hbond substituents is 3. The summed E-state index contributed by atoms with van der Waals surface area (Å²) in [6, 6.07) is -2.41. The van der Waals surface area contributed by atoms with Crippen LogP contribution in [0.15, 0.2) is 83.9 Å². The number of hydrogen-bond donors (Lipinski definition) is 22. The maximum absolute atomic E-state index is 16.2. The summed E-state index contributed by atoms with van der Waals surface area (Å²) in [7, 11) is 1.47. The molecule has 11 bridgehead atoms. The zero-order chi connectivity index (χ0) is 81.8. The number of likely N-dealkylation sites (N-methyl/N-ethyl adjacent to an activating group) is 1. The molecule has 5 aromatic rings. The van der Waals surface area contributed by atoms with Crippen molar-refractivity contribution >= 4 is 82.3 Å². The van der Waals surface area contributed by atoms with Crippen LogP contribution in [0.3, 0.4) is 0 Å². The highest BCUT2D eigenvalue weighted by Gasteiger charge is 2.52. The molecule has 38 nitrogen and oxygen atoms in total. The van der Waals surface area contributed by atoms with Crippen LogP contribution in [0.1, 0.15) is 118 Å². The standard InChI is InChI=1S/C72H88Cl2N14O24/c1-26(2)15-38(80-5)63(100)87-53-55(94)29-9-12-42(35(73)17-29)108-44-19-31-20-45(59(44)112-70-60(58(97)57(96)46(25-89)110-70)111-48-24-72(4,79)61(98)27(3)107-48)109-43-13-10-30(18-36(43)74)56(95)54-69(106)86-52(67(104)82-37(62(76)99)7-6-14-81-71(77)78)34-21-32(90)22-41(92)49(34)33-16-28(8-11-40(33)91)50(65(102)88-54)85-66(103)51(31)84-64(101)39(23-47(75)93)83-68(53)105/h8-13,16-22,26-27,37-39,46,48,50-58,60-61,70,80,89-92,94-98H,6-7,14-15,23-25,79H2,1-5H3,(H2,75,93)(H2,76,99)(H,82,104)(H,83,105)(H,84,101)(H,85,103)(H,86,106)(H,87,100)(H,88,102)(H4,77,78,81)/t27-,37-,38+,39-,46+,48-,50+,51+,52-,53+,54-,55+,56+,57+,58-,60+,61+,70-,72-/m0/s1. The van der Waals surface area contributed by atoms with Crippen molar-refractivity contribution in [1.82, 2.24) is 42.5 Å². The third-order valence-corrected chi connectivity index (χ3v) is 20.0. The number of aliphatic hydroxyl groups excluding tert-OH is 6. The third-order valence-electron chi connectivity index (χ3n) is 19.4. The number of fused-ring (bicyclic) bond motifs is 15. The van der Waals surface area contributed by atoms with Crippen LogP contribution in [-0.2, 0) is 57.4 Å². The Labute approximate surface area is 648 Å². The summed E-state index contributed by atoms with van der Waals surface area (Å²) >= 11 is 14.2. The smallest absolute Gasteiger partial charge is 0.248 e. The van der Waals surface area contributed by atoms with E-state index in [1.54, 1.807) is 0 Å². The van der Waals surface area contributed by atoms with Gasteiger partial charge in [-0.05, 0) is 128 Å². The SMILES string of the molecule is CN[C@H](CC(C)C)C(=O)N[C@H]1C(=O)N[C@@H](CC(N)=O)C(=O)N[C@H]2C(=O)N[C@H]3C(=O)N[C@H](C(=O)N[C@H](C(=O)N[C@@H](CCCN=C(N)N)C(N)=O)c4cc(O)cc(O)c4-c4cc3ccc4O)[C@H](O)c3ccc(c(Cl)c3)Oc3cc2cc(c3O[C@@H]2O[C@H](CO)[C@@H](O)[C@H](O)[C@H]2O[C@H]2C[C@](C)(N)[C@H](O)[C@H](C)O2)Oc2ccc(cc2Cl)[C@H]1O. The molecular formula is C72H88Cl2N14O24. The molecule has 2 fully saturated rings. The number of benzene rings is 5. The number of carbonyl (C=O) groups excluding carboxylic acids is 9. The topological polar surface area (TPSA) is 630 Å². The molecule has 604 valence electrons. The van der Waals surface area contributed by atoms with Crippen LogP contribution in [0.25, 0.3) is 11.1 Å². The summed E-state index contributed by atoms with van der Waals surface area (Å²) in [5, 5.41) is 124. The molecule has 0 aromatic heterocycles. The number of nitrogens with one attached hydrogen (secondary N) is 8. The van der Waals surface area contributed by atoms with E-state index in [9.17, 15) is 69.9 Å². The molecule has 5 aromatic carbocycles. The van der Waals surface area contributed by atoms with Gasteiger partial charge in [-0.25, -0.2) is 0 Å². The van der Waals surface area contributed by atoms with Crippen molar-refractivity contribution in [2.75, 3.05) is 20.2 Å². The van der Waals surface area contributed by atoms with Gasteiger partial charge in [-0.15, -0.1) is 0 Å². The van der Waals surface area contributed by atoms with Crippen molar-refractivity contribution in [2.45, 2.75) is 175 Å². The van der Waals surface area contributed by atoms with Gasteiger partial charge in [-0.2, -0.15) is 0 Å². The number of rotatable bonds is 19. The fraction of sp³-hybridized carbons (Fsp3) is 0.444. The zero-order valence-electron chi connectivity index (χ0n) is 60.7. The molecule has 112 heavy (non-hydrogen) atoms. The van der Waals surface area contributed by atoms with Crippen LogP contribution >= 0.6 is 23.2 Å². The van der Waals surface area contributed by atoms with Crippen molar-refractivity contribution < 1.29 is 118 Å². The quantitative estimate of drug-likeness (QED) is 0.0243. The van der Waals surface area contributed by atoms with Crippen LogP contribution in [0.4, 0.5) is 0 Å². The highest BCUT2D eigenvalue weighted by Crippen LogP contribution is 2.50. The van der Waals surface area contributed by atoms with E-state index in [2.05, 4.69) is 47.5 Å². The molecular weight excluding hydrogens is 1520 g/mol. The van der Waals surface area contributed by atoms with E-state index in [0.717, 1.165) is 66.7 Å². The first-order chi connectivity index (χ1) is 52.9. The zero-order valence-corrected chi connectivity index (χ0v) is 62.2. The average Bonchev–Trinajstić information content (AvgIpc) is 0.766. The Morgan fingerprint density at radius 1 is 0.705 bits per heavy atom. The van der Waals surface area contributed by atoms with Gasteiger partial charge >= 0.3 is 0 Å². The van der Waals surface area contributed by atoms with Gasteiger partial charge in [0.1, 0.15) is 102 Å². The van der Waals surface area contributed by atoms with Crippen molar-refractivity contribution in [2.24, 2.45) is 39.6 Å². The molecule has 0 aliphatic carbocycles. The number of halogens is 2. The summed E-state index contributed by atoms with van der Waals surface area (Å²) in [6.45, 7) is 5.57. The van der Waals surface area contributed by atoms with Gasteiger partial charge in [0.25, 0.3) is 0 Å². The van der Waals surface area contributed by atoms with Crippen molar-refractivity contribution in [3.63, 3.8) is 0 Å². The molecule has 0 saturated carbocycles. The van der Waals surface area contributed by atoms with Crippen molar-refractivity contribution in [1.29, 1.82) is 0 Å². The van der Waals surface area contributed by atoms with Crippen LogP contribution in [0.5, 0.6) is 46.0 Å². The molecule has 0 unspecified atom stereocenters. The van der Waals surface area contributed by atoms with Crippen molar-refractivity contribution in [3.05, 3.63) is 117 Å². The van der Waals surface area contributed by atoms with Gasteiger partial charge in [0.2, 0.25) is 65.2 Å². The van der Waals surface area contributed by atoms with Gasteiger partial charge < -0.3 is 146 Å². The number of aromatic hydroxyl groups is 3. The molecule has 2 saturated heterocycles. The average molecular weight is 1600 g/mol. The highest BCUT2D eigenvalue weighted by atomic mass is 35.5. The lowest BCUT2D eigenvalue weighted by Gasteiger charge is -2.47. The Balaban J connectivity index is 1.23. The normalized spacial score (nSPS) is 27.9. The minimum absolute atomic E-state index is 0.0334. The number of phenols is 3. The van der Waals surface area contributed by atoms with E-state index in [-0.39, 0.29) is 71.6 Å². The van der Waals surface area contributed by atoms with Gasteiger partial charge in [0.05, 0.1) is 41.3 Å². The summed E-state index contributed by atoms with van der Waals surface area (Å²) in [4.78, 5) is 137. The van der Waals surface area contributed by atoms with Gasteiger partial charge in [-0.1, -0.05) is 55.2 Å². The second kappa shape index (κ2) is 35.1. The Bertz CT molecular complexity index is 4480. The van der Waals surface area contributed by atoms with Gasteiger partial charge in [0.15, 0.2) is 29.9 Å². The molecule has 7 aliphatic rings. The number of ether oxygens (including phenoxy) is 6. The number of amides is 9. The summed E-state index contributed by atoms with van der Waals surface area (Å²) in [5.74, 6) is -17.2. The molecule has 40 heteroatoms. The molecule has 0 spiro atoms. The Hall–Kier alpha value is -10.5. The Kier molecular flexibility index (Phi) is 26.3. The minimum Gasteiger partial charge on any atom is -0.508 e. The number of nitrogens with two attached hydrogens (primary N) is 5. The molecule has 7 aliphatic heterocycles. The molecule has 12 rings (SSSR count). The number of guanidine groups is 1. The lowest BCUT2D eigenvalue weighted by molar-refractivity contribution is -0.333. The lowest BCUT2D eigenvalue weighted by Crippen LogP contribution is -2.64. The Morgan fingerprint density at radius 3 is 1.91 bits per heavy atom. The monoisotopic (exact) mass is 1600 g/mol. The van der Waals surface area contributed by atoms with E-state index in [1.807, 2.05) is 13.8 Å². The second-order valence-electron chi connectivity index (χ2n) is 28.3. The van der Waals surface area contributed by atoms with E-state index in [4.69, 9.17) is 80.3 Å². The van der Waals surface area contributed by atoms with Crippen LogP contribution in [0, 0.1) is 5.92 Å². The number of carbonyl (C=O) groups is 9. The largest absolute Gasteiger partial charge is 0.508 e. The summed E-state index contributed by atoms with van der Waals surface area (Å²) in [5.41, 5.74) is 24.7. The predicted octanol–water partition coefficient (Wildman–Crippen LogP) is -1.95.